The third-order valence-corrected chi connectivity index (χ3v) is 4.16. The number of nitrogens with one attached hydrogen (secondary N) is 1. The number of nitrogens with two attached hydrogens (primary N) is 1. The Hall–Kier alpha value is -2.06. The van der Waals surface area contributed by atoms with Crippen molar-refractivity contribution in [1.82, 2.24) is 10.3 Å². The number of aryl methyl sites for hydroxylation is 2. The van der Waals surface area contributed by atoms with E-state index >= 15 is 0 Å². The molecule has 0 aliphatic rings. The lowest BCUT2D eigenvalue weighted by Crippen LogP contribution is -2.41. The Labute approximate surface area is 122 Å². The van der Waals surface area contributed by atoms with Crippen LogP contribution in [-0.2, 0) is 0 Å². The molecule has 0 saturated carbocycles. The molecule has 0 atom stereocenters. The average Bonchev–Trinajstić information content (AvgIpc) is 2.66. The first-order chi connectivity index (χ1) is 9.25. The number of rotatable bonds is 2. The van der Waals surface area contributed by atoms with Gasteiger partial charge in [-0.1, -0.05) is 5.92 Å². The Morgan fingerprint density at radius 3 is 2.75 bits per heavy atom. The van der Waals surface area contributed by atoms with Gasteiger partial charge in [-0.05, 0) is 33.8 Å². The summed E-state index contributed by atoms with van der Waals surface area (Å²) in [7, 11) is 0. The van der Waals surface area contributed by atoms with Crippen molar-refractivity contribution in [2.75, 3.05) is 5.73 Å². The van der Waals surface area contributed by atoms with E-state index in [2.05, 4.69) is 16.2 Å². The lowest BCUT2D eigenvalue weighted by Gasteiger charge is -2.19. The first-order valence-corrected chi connectivity index (χ1v) is 7.03. The molecule has 5 heteroatoms. The van der Waals surface area contributed by atoms with E-state index < -0.39 is 5.54 Å². The van der Waals surface area contributed by atoms with Gasteiger partial charge >= 0.3 is 0 Å². The molecule has 0 radical (unpaired) electrons. The molecule has 2 aromatic rings. The van der Waals surface area contributed by atoms with Crippen LogP contribution >= 0.6 is 11.3 Å². The van der Waals surface area contributed by atoms with Gasteiger partial charge in [0, 0.05) is 21.5 Å². The van der Waals surface area contributed by atoms with Gasteiger partial charge < -0.3 is 11.1 Å². The van der Waals surface area contributed by atoms with Crippen LogP contribution in [0.4, 0.5) is 5.69 Å². The third kappa shape index (κ3) is 2.47. The lowest BCUT2D eigenvalue weighted by atomic mass is 10.1. The van der Waals surface area contributed by atoms with Crippen LogP contribution in [0.3, 0.4) is 0 Å². The minimum atomic E-state index is -0.705. The summed E-state index contributed by atoms with van der Waals surface area (Å²) < 4.78 is 0.969. The van der Waals surface area contributed by atoms with Crippen molar-refractivity contribution < 1.29 is 4.79 Å². The molecule has 0 spiro atoms. The maximum atomic E-state index is 12.3. The predicted octanol–water partition coefficient (Wildman–Crippen LogP) is 2.64. The van der Waals surface area contributed by atoms with Crippen molar-refractivity contribution in [3.63, 3.8) is 0 Å². The molecule has 1 amide bonds. The van der Waals surface area contributed by atoms with Crippen molar-refractivity contribution in [1.29, 1.82) is 0 Å². The van der Waals surface area contributed by atoms with Gasteiger partial charge in [0.05, 0.1) is 11.2 Å². The fourth-order valence-corrected chi connectivity index (χ4v) is 3.19. The SMILES string of the molecule is C#CC(C)(C)NC(=O)c1sc2cc(C)nc(C)c2c1N. The molecule has 0 unspecified atom stereocenters. The molecule has 2 heterocycles. The van der Waals surface area contributed by atoms with E-state index in [0.717, 1.165) is 21.5 Å². The quantitative estimate of drug-likeness (QED) is 0.834. The maximum absolute atomic E-state index is 12.3. The molecule has 2 rings (SSSR count). The Morgan fingerprint density at radius 2 is 2.15 bits per heavy atom. The molecule has 20 heavy (non-hydrogen) atoms. The lowest BCUT2D eigenvalue weighted by molar-refractivity contribution is 0.0935. The number of thiophene rings is 1. The smallest absolute Gasteiger partial charge is 0.264 e. The number of amides is 1. The molecule has 2 aromatic heterocycles. The maximum Gasteiger partial charge on any atom is 0.264 e. The van der Waals surface area contributed by atoms with Crippen LogP contribution < -0.4 is 11.1 Å². The molecule has 0 aliphatic heterocycles. The average molecular weight is 287 g/mol. The molecule has 4 nitrogen and oxygen atoms in total. The summed E-state index contributed by atoms with van der Waals surface area (Å²) in [5.74, 6) is 2.29. The summed E-state index contributed by atoms with van der Waals surface area (Å²) in [5, 5.41) is 3.64. The number of carbonyl (C=O) groups excluding carboxylic acids is 1. The zero-order valence-corrected chi connectivity index (χ0v) is 12.8. The monoisotopic (exact) mass is 287 g/mol. The van der Waals surface area contributed by atoms with Gasteiger partial charge in [0.2, 0.25) is 0 Å². The summed E-state index contributed by atoms with van der Waals surface area (Å²) in [5.41, 5.74) is 7.62. The van der Waals surface area contributed by atoms with Crippen molar-refractivity contribution in [3.05, 3.63) is 22.3 Å². The molecule has 0 fully saturated rings. The zero-order valence-electron chi connectivity index (χ0n) is 12.0. The summed E-state index contributed by atoms with van der Waals surface area (Å²) in [4.78, 5) is 17.2. The van der Waals surface area contributed by atoms with Crippen LogP contribution in [0, 0.1) is 26.2 Å². The minimum Gasteiger partial charge on any atom is -0.397 e. The van der Waals surface area contributed by atoms with Gasteiger partial charge in [0.25, 0.3) is 5.91 Å². The molecule has 0 aliphatic carbocycles. The predicted molar refractivity (Wildman–Crippen MR) is 83.9 cm³/mol. The topological polar surface area (TPSA) is 68.0 Å². The van der Waals surface area contributed by atoms with Gasteiger partial charge in [-0.15, -0.1) is 17.8 Å². The van der Waals surface area contributed by atoms with E-state index in [9.17, 15) is 4.79 Å². The Balaban J connectivity index is 2.52. The largest absolute Gasteiger partial charge is 0.397 e. The number of pyridine rings is 1. The van der Waals surface area contributed by atoms with E-state index in [1.807, 2.05) is 19.9 Å². The highest BCUT2D eigenvalue weighted by Crippen LogP contribution is 2.35. The Kier molecular flexibility index (Phi) is 3.45. The molecule has 104 valence electrons. The van der Waals surface area contributed by atoms with Crippen LogP contribution in [0.15, 0.2) is 6.07 Å². The van der Waals surface area contributed by atoms with Gasteiger partial charge in [0.1, 0.15) is 4.88 Å². The van der Waals surface area contributed by atoms with Crippen molar-refractivity contribution in [3.8, 4) is 12.3 Å². The normalized spacial score (nSPS) is 11.3. The van der Waals surface area contributed by atoms with E-state index in [1.54, 1.807) is 13.8 Å². The highest BCUT2D eigenvalue weighted by molar-refractivity contribution is 7.21. The molecular formula is C15H17N3OS. The summed E-state index contributed by atoms with van der Waals surface area (Å²) in [6.07, 6.45) is 5.39. The van der Waals surface area contributed by atoms with Gasteiger partial charge in [-0.2, -0.15) is 0 Å². The standard InChI is InChI=1S/C15H17N3OS/c1-6-15(4,5)18-14(19)13-12(16)11-9(3)17-8(2)7-10(11)20-13/h1,7H,16H2,2-5H3,(H,18,19). The number of terminal acetylenes is 1. The summed E-state index contributed by atoms with van der Waals surface area (Å²) in [6.45, 7) is 7.35. The highest BCUT2D eigenvalue weighted by atomic mass is 32.1. The van der Waals surface area contributed by atoms with Gasteiger partial charge in [-0.25, -0.2) is 0 Å². The van der Waals surface area contributed by atoms with Crippen molar-refractivity contribution in [2.24, 2.45) is 0 Å². The zero-order chi connectivity index (χ0) is 15.1. The molecule has 0 aromatic carbocycles. The van der Waals surface area contributed by atoms with E-state index in [-0.39, 0.29) is 5.91 Å². The Morgan fingerprint density at radius 1 is 1.50 bits per heavy atom. The van der Waals surface area contributed by atoms with Crippen LogP contribution in [0.25, 0.3) is 10.1 Å². The first-order valence-electron chi connectivity index (χ1n) is 6.21. The fourth-order valence-electron chi connectivity index (χ4n) is 2.02. The van der Waals surface area contributed by atoms with E-state index in [0.29, 0.717) is 10.6 Å². The number of anilines is 1. The van der Waals surface area contributed by atoms with Gasteiger partial charge in [-0.3, -0.25) is 9.78 Å². The summed E-state index contributed by atoms with van der Waals surface area (Å²) >= 11 is 1.37. The number of carbonyl (C=O) groups is 1. The molecular weight excluding hydrogens is 270 g/mol. The molecule has 0 bridgehead atoms. The van der Waals surface area contributed by atoms with Gasteiger partial charge in [0.15, 0.2) is 0 Å². The van der Waals surface area contributed by atoms with E-state index in [4.69, 9.17) is 12.2 Å². The third-order valence-electron chi connectivity index (χ3n) is 3.01. The molecule has 0 saturated heterocycles. The van der Waals surface area contributed by atoms with Crippen LogP contribution in [0.2, 0.25) is 0 Å². The van der Waals surface area contributed by atoms with Crippen molar-refractivity contribution >= 4 is 33.0 Å². The highest BCUT2D eigenvalue weighted by Gasteiger charge is 2.23. The second-order valence-electron chi connectivity index (χ2n) is 5.29. The Bertz CT molecular complexity index is 738. The van der Waals surface area contributed by atoms with Crippen molar-refractivity contribution in [2.45, 2.75) is 33.2 Å². The van der Waals surface area contributed by atoms with Crippen LogP contribution in [0.5, 0.6) is 0 Å². The van der Waals surface area contributed by atoms with Crippen LogP contribution in [-0.4, -0.2) is 16.4 Å². The number of aromatic nitrogens is 1. The second-order valence-corrected chi connectivity index (χ2v) is 6.34. The number of hydrogen-bond acceptors (Lipinski definition) is 4. The fraction of sp³-hybridized carbons (Fsp3) is 0.333. The number of hydrogen-bond donors (Lipinski definition) is 2. The first kappa shape index (κ1) is 14.4. The minimum absolute atomic E-state index is 0.247. The second kappa shape index (κ2) is 4.80. The number of nitrogen functional groups attached to an aromatic ring is 1. The van der Waals surface area contributed by atoms with E-state index in [1.165, 1.54) is 11.3 Å². The number of nitrogens with zero attached hydrogens (tertiary/aromatic N) is 1. The molecule has 3 N–H and O–H groups in total. The number of fused-ring (bicyclic) bond motifs is 1. The van der Waals surface area contributed by atoms with Crippen LogP contribution in [0.1, 0.15) is 34.9 Å². The summed E-state index contributed by atoms with van der Waals surface area (Å²) in [6, 6.07) is 1.94.